The first kappa shape index (κ1) is 37.9. The molecule has 67 heavy (non-hydrogen) atoms. The molecule has 2 atom stereocenters. The minimum atomic E-state index is 0.175. The Morgan fingerprint density at radius 1 is 0.403 bits per heavy atom. The SMILES string of the molecule is CC1c2cc3ccccc3cc2-c2ccccc2C1Cc1ccc2oc3c4ccccc4ccc3c2c1-c1nc(-c2ccc3c(ccc4ccccc43)c2)nc(-c2cccc3ccccc23)n1. The van der Waals surface area contributed by atoms with Crippen LogP contribution in [0.15, 0.2) is 211 Å². The van der Waals surface area contributed by atoms with Gasteiger partial charge in [-0.25, -0.2) is 15.0 Å². The van der Waals surface area contributed by atoms with Crippen LogP contribution in [-0.2, 0) is 6.42 Å². The van der Waals surface area contributed by atoms with Gasteiger partial charge in [0.2, 0.25) is 0 Å². The van der Waals surface area contributed by atoms with E-state index in [-0.39, 0.29) is 11.8 Å². The first-order valence-electron chi connectivity index (χ1n) is 23.3. The fraction of sp³-hybridized carbons (Fsp3) is 0.0635. The predicted molar refractivity (Wildman–Crippen MR) is 278 cm³/mol. The molecule has 1 aliphatic carbocycles. The Bertz CT molecular complexity index is 4180. The lowest BCUT2D eigenvalue weighted by Crippen LogP contribution is -2.18. The lowest BCUT2D eigenvalue weighted by Gasteiger charge is -2.34. The molecule has 0 aliphatic heterocycles. The van der Waals surface area contributed by atoms with Crippen LogP contribution < -0.4 is 0 Å². The minimum absolute atomic E-state index is 0.175. The van der Waals surface area contributed by atoms with Gasteiger partial charge in [-0.1, -0.05) is 189 Å². The first-order chi connectivity index (χ1) is 33.1. The number of hydrogen-bond donors (Lipinski definition) is 0. The molecule has 14 rings (SSSR count). The third-order valence-electron chi connectivity index (χ3n) is 14.6. The molecule has 0 saturated carbocycles. The van der Waals surface area contributed by atoms with Crippen LogP contribution in [0, 0.1) is 0 Å². The van der Waals surface area contributed by atoms with Gasteiger partial charge in [-0.3, -0.25) is 0 Å². The fourth-order valence-corrected chi connectivity index (χ4v) is 11.3. The van der Waals surface area contributed by atoms with Crippen molar-refractivity contribution >= 4 is 75.8 Å². The zero-order chi connectivity index (χ0) is 44.2. The molecule has 0 fully saturated rings. The second kappa shape index (κ2) is 14.8. The standard InChI is InChI=1S/C63H41N3O/c1-37-54(50-22-10-11-23-51(50)56-35-42-17-3-2-16-41(42)34-55(37)56)36-44-29-32-57-59(53-31-27-40-15-6-9-21-49(40)60(53)67-57)58(44)63-65-61(64-62(66-63)52-24-12-18-38-13-4-8-20-47(38)52)45-28-30-48-43(33-45)26-25-39-14-5-7-19-46(39)48/h2-35,37,54H,36H2,1H3. The van der Waals surface area contributed by atoms with Crippen molar-refractivity contribution in [1.82, 2.24) is 15.0 Å². The first-order valence-corrected chi connectivity index (χ1v) is 23.3. The van der Waals surface area contributed by atoms with Crippen LogP contribution in [0.5, 0.6) is 0 Å². The molecule has 11 aromatic carbocycles. The van der Waals surface area contributed by atoms with Gasteiger partial charge in [0.25, 0.3) is 0 Å². The number of aromatic nitrogens is 3. The summed E-state index contributed by atoms with van der Waals surface area (Å²) in [7, 11) is 0. The zero-order valence-electron chi connectivity index (χ0n) is 36.7. The van der Waals surface area contributed by atoms with Gasteiger partial charge in [-0.15, -0.1) is 0 Å². The number of fused-ring (bicyclic) bond motifs is 13. The molecule has 0 bridgehead atoms. The highest BCUT2D eigenvalue weighted by molar-refractivity contribution is 6.19. The Kier molecular flexibility index (Phi) is 8.35. The quantitative estimate of drug-likeness (QED) is 0.162. The van der Waals surface area contributed by atoms with E-state index in [4.69, 9.17) is 19.4 Å². The number of furan rings is 1. The molecule has 2 unspecified atom stereocenters. The number of benzene rings is 11. The average molecular weight is 856 g/mol. The van der Waals surface area contributed by atoms with Crippen LogP contribution in [0.25, 0.3) is 121 Å². The van der Waals surface area contributed by atoms with E-state index in [1.807, 2.05) is 0 Å². The van der Waals surface area contributed by atoms with E-state index in [0.717, 1.165) is 72.0 Å². The van der Waals surface area contributed by atoms with E-state index in [9.17, 15) is 0 Å². The van der Waals surface area contributed by atoms with Crippen LogP contribution >= 0.6 is 0 Å². The molecule has 13 aromatic rings. The highest BCUT2D eigenvalue weighted by Crippen LogP contribution is 2.51. The van der Waals surface area contributed by atoms with Crippen molar-refractivity contribution in [2.45, 2.75) is 25.2 Å². The van der Waals surface area contributed by atoms with Crippen molar-refractivity contribution in [1.29, 1.82) is 0 Å². The van der Waals surface area contributed by atoms with Crippen molar-refractivity contribution in [2.75, 3.05) is 0 Å². The Morgan fingerprint density at radius 3 is 1.85 bits per heavy atom. The van der Waals surface area contributed by atoms with E-state index in [0.29, 0.717) is 17.5 Å². The predicted octanol–water partition coefficient (Wildman–Crippen LogP) is 16.6. The van der Waals surface area contributed by atoms with Crippen molar-refractivity contribution in [3.05, 3.63) is 223 Å². The molecule has 4 nitrogen and oxygen atoms in total. The van der Waals surface area contributed by atoms with Gasteiger partial charge in [0, 0.05) is 32.8 Å². The van der Waals surface area contributed by atoms with Gasteiger partial charge < -0.3 is 4.42 Å². The number of nitrogens with zero attached hydrogens (tertiary/aromatic N) is 3. The van der Waals surface area contributed by atoms with Crippen LogP contribution in [0.2, 0.25) is 0 Å². The largest absolute Gasteiger partial charge is 0.455 e. The van der Waals surface area contributed by atoms with E-state index in [1.54, 1.807) is 0 Å². The number of rotatable bonds is 5. The summed E-state index contributed by atoms with van der Waals surface area (Å²) in [4.78, 5) is 16.5. The lowest BCUT2D eigenvalue weighted by atomic mass is 9.69. The second-order valence-corrected chi connectivity index (χ2v) is 18.3. The third-order valence-corrected chi connectivity index (χ3v) is 14.6. The van der Waals surface area contributed by atoms with Gasteiger partial charge in [0.15, 0.2) is 17.5 Å². The van der Waals surface area contributed by atoms with Crippen LogP contribution in [0.1, 0.15) is 35.4 Å². The topological polar surface area (TPSA) is 51.8 Å². The van der Waals surface area contributed by atoms with E-state index >= 15 is 0 Å². The summed E-state index contributed by atoms with van der Waals surface area (Å²) in [5, 5.41) is 13.8. The molecule has 2 heterocycles. The van der Waals surface area contributed by atoms with Gasteiger partial charge in [0.05, 0.1) is 0 Å². The van der Waals surface area contributed by atoms with Crippen molar-refractivity contribution in [3.63, 3.8) is 0 Å². The van der Waals surface area contributed by atoms with Gasteiger partial charge in [0.1, 0.15) is 11.2 Å². The van der Waals surface area contributed by atoms with Gasteiger partial charge in [-0.05, 0) is 119 Å². The Morgan fingerprint density at radius 2 is 1.00 bits per heavy atom. The molecule has 0 saturated heterocycles. The maximum atomic E-state index is 6.94. The maximum Gasteiger partial charge on any atom is 0.165 e. The summed E-state index contributed by atoms with van der Waals surface area (Å²) >= 11 is 0. The normalized spacial score (nSPS) is 14.7. The zero-order valence-corrected chi connectivity index (χ0v) is 36.7. The molecular formula is C63H41N3O. The van der Waals surface area contributed by atoms with Crippen molar-refractivity contribution in [2.24, 2.45) is 0 Å². The molecule has 0 spiro atoms. The van der Waals surface area contributed by atoms with Crippen molar-refractivity contribution in [3.8, 4) is 45.3 Å². The van der Waals surface area contributed by atoms with Crippen LogP contribution in [0.4, 0.5) is 0 Å². The molecule has 0 radical (unpaired) electrons. The second-order valence-electron chi connectivity index (χ2n) is 18.3. The Hall–Kier alpha value is -8.47. The van der Waals surface area contributed by atoms with Crippen molar-refractivity contribution < 1.29 is 4.42 Å². The molecule has 2 aromatic heterocycles. The van der Waals surface area contributed by atoms with Gasteiger partial charge in [-0.2, -0.15) is 0 Å². The molecule has 0 N–H and O–H groups in total. The smallest absolute Gasteiger partial charge is 0.165 e. The molecular weight excluding hydrogens is 815 g/mol. The third kappa shape index (κ3) is 5.96. The van der Waals surface area contributed by atoms with Gasteiger partial charge >= 0.3 is 0 Å². The summed E-state index contributed by atoms with van der Waals surface area (Å²) in [6.45, 7) is 2.41. The van der Waals surface area contributed by atoms with E-state index < -0.39 is 0 Å². The summed E-state index contributed by atoms with van der Waals surface area (Å²) in [6.07, 6.45) is 0.768. The monoisotopic (exact) mass is 855 g/mol. The number of hydrogen-bond acceptors (Lipinski definition) is 4. The average Bonchev–Trinajstić information content (AvgIpc) is 3.78. The minimum Gasteiger partial charge on any atom is -0.455 e. The summed E-state index contributed by atoms with van der Waals surface area (Å²) < 4.78 is 6.94. The highest BCUT2D eigenvalue weighted by atomic mass is 16.3. The summed E-state index contributed by atoms with van der Waals surface area (Å²) in [6, 6.07) is 74.4. The van der Waals surface area contributed by atoms with Crippen LogP contribution in [0.3, 0.4) is 0 Å². The van der Waals surface area contributed by atoms with E-state index in [1.165, 1.54) is 54.7 Å². The fourth-order valence-electron chi connectivity index (χ4n) is 11.3. The molecule has 4 heteroatoms. The Balaban J connectivity index is 1.04. The molecule has 314 valence electrons. The summed E-state index contributed by atoms with van der Waals surface area (Å²) in [5.41, 5.74) is 11.1. The lowest BCUT2D eigenvalue weighted by molar-refractivity contribution is 0.567. The Labute approximate surface area is 386 Å². The summed E-state index contributed by atoms with van der Waals surface area (Å²) in [5.74, 6) is 2.30. The molecule has 1 aliphatic rings. The molecule has 0 amide bonds. The maximum absolute atomic E-state index is 6.94. The van der Waals surface area contributed by atoms with Crippen LogP contribution in [-0.4, -0.2) is 15.0 Å². The highest BCUT2D eigenvalue weighted by Gasteiger charge is 2.33. The van der Waals surface area contributed by atoms with E-state index in [2.05, 4.69) is 213 Å².